The number of hydrogen-bond acceptors (Lipinski definition) is 3. The van der Waals surface area contributed by atoms with Crippen molar-refractivity contribution in [1.82, 2.24) is 0 Å². The molecule has 114 valence electrons. The molecule has 0 atom stereocenters. The Morgan fingerprint density at radius 1 is 0.696 bits per heavy atom. The minimum atomic E-state index is 0.770. The molecule has 3 heteroatoms. The fourth-order valence-electron chi connectivity index (χ4n) is 2.07. The van der Waals surface area contributed by atoms with Crippen molar-refractivity contribution in [2.75, 3.05) is 7.11 Å². The summed E-state index contributed by atoms with van der Waals surface area (Å²) >= 11 is 0. The summed E-state index contributed by atoms with van der Waals surface area (Å²) in [6.07, 6.45) is 1.85. The maximum Gasteiger partial charge on any atom is 0.127 e. The summed E-state index contributed by atoms with van der Waals surface area (Å²) in [4.78, 5) is 4.45. The van der Waals surface area contributed by atoms with Crippen LogP contribution >= 0.6 is 0 Å². The van der Waals surface area contributed by atoms with Gasteiger partial charge in [-0.2, -0.15) is 0 Å². The van der Waals surface area contributed by atoms with Crippen LogP contribution < -0.4 is 9.47 Å². The van der Waals surface area contributed by atoms with Gasteiger partial charge in [-0.1, -0.05) is 30.3 Å². The Kier molecular flexibility index (Phi) is 4.69. The number of nitrogens with zero attached hydrogens (tertiary/aromatic N) is 1. The molecule has 3 aromatic carbocycles. The third-order valence-corrected chi connectivity index (χ3v) is 3.29. The Morgan fingerprint density at radius 2 is 1.26 bits per heavy atom. The highest BCUT2D eigenvalue weighted by Crippen LogP contribution is 2.25. The lowest BCUT2D eigenvalue weighted by atomic mass is 10.2. The summed E-state index contributed by atoms with van der Waals surface area (Å²) in [7, 11) is 1.64. The topological polar surface area (TPSA) is 30.8 Å². The van der Waals surface area contributed by atoms with Gasteiger partial charge in [0.25, 0.3) is 0 Å². The van der Waals surface area contributed by atoms with Crippen molar-refractivity contribution in [3.05, 3.63) is 84.4 Å². The smallest absolute Gasteiger partial charge is 0.127 e. The zero-order chi connectivity index (χ0) is 15.9. The van der Waals surface area contributed by atoms with Crippen LogP contribution in [0.1, 0.15) is 5.56 Å². The summed E-state index contributed by atoms with van der Waals surface area (Å²) in [5, 5.41) is 0. The highest BCUT2D eigenvalue weighted by Gasteiger charge is 1.98. The van der Waals surface area contributed by atoms with Crippen molar-refractivity contribution in [2.45, 2.75) is 0 Å². The van der Waals surface area contributed by atoms with Crippen molar-refractivity contribution in [3.8, 4) is 17.2 Å². The molecule has 3 nitrogen and oxygen atoms in total. The fourth-order valence-corrected chi connectivity index (χ4v) is 2.07. The van der Waals surface area contributed by atoms with E-state index in [4.69, 9.17) is 9.47 Å². The Bertz CT molecular complexity index is 763. The molecule has 0 aromatic heterocycles. The largest absolute Gasteiger partial charge is 0.497 e. The monoisotopic (exact) mass is 303 g/mol. The van der Waals surface area contributed by atoms with Gasteiger partial charge in [0.05, 0.1) is 12.8 Å². The van der Waals surface area contributed by atoms with Gasteiger partial charge in [-0.25, -0.2) is 0 Å². The van der Waals surface area contributed by atoms with Crippen molar-refractivity contribution in [3.63, 3.8) is 0 Å². The summed E-state index contributed by atoms with van der Waals surface area (Å²) in [6, 6.07) is 25.2. The highest BCUT2D eigenvalue weighted by atomic mass is 16.5. The highest BCUT2D eigenvalue weighted by molar-refractivity contribution is 5.81. The Morgan fingerprint density at radius 3 is 1.87 bits per heavy atom. The second-order valence-electron chi connectivity index (χ2n) is 4.94. The van der Waals surface area contributed by atoms with E-state index in [0.717, 1.165) is 28.5 Å². The minimum absolute atomic E-state index is 0.770. The van der Waals surface area contributed by atoms with Crippen LogP contribution in [-0.4, -0.2) is 13.3 Å². The molecule has 0 saturated heterocycles. The van der Waals surface area contributed by atoms with Gasteiger partial charge in [0.1, 0.15) is 17.2 Å². The first kappa shape index (κ1) is 14.9. The SMILES string of the molecule is COc1ccc(Oc2ccc(N=Cc3ccccc3)cc2)cc1. The van der Waals surface area contributed by atoms with Gasteiger partial charge < -0.3 is 9.47 Å². The quantitative estimate of drug-likeness (QED) is 0.604. The third-order valence-electron chi connectivity index (χ3n) is 3.29. The van der Waals surface area contributed by atoms with Crippen LogP contribution in [0.15, 0.2) is 83.9 Å². The average molecular weight is 303 g/mol. The van der Waals surface area contributed by atoms with Crippen molar-refractivity contribution in [2.24, 2.45) is 4.99 Å². The molecule has 0 N–H and O–H groups in total. The number of hydrogen-bond donors (Lipinski definition) is 0. The molecule has 0 unspecified atom stereocenters. The Labute approximate surface area is 135 Å². The normalized spacial score (nSPS) is 10.7. The van der Waals surface area contributed by atoms with Crippen LogP contribution in [0.25, 0.3) is 0 Å². The molecule has 0 fully saturated rings. The number of aliphatic imine (C=N–C) groups is 1. The van der Waals surface area contributed by atoms with Crippen LogP contribution in [0.3, 0.4) is 0 Å². The first-order chi connectivity index (χ1) is 11.3. The number of methoxy groups -OCH3 is 1. The molecule has 3 aromatic rings. The molecule has 0 radical (unpaired) electrons. The van der Waals surface area contributed by atoms with E-state index in [1.54, 1.807) is 7.11 Å². The number of benzene rings is 3. The first-order valence-corrected chi connectivity index (χ1v) is 7.34. The van der Waals surface area contributed by atoms with Crippen LogP contribution in [0.2, 0.25) is 0 Å². The van der Waals surface area contributed by atoms with E-state index in [0.29, 0.717) is 0 Å². The molecule has 0 spiro atoms. The fraction of sp³-hybridized carbons (Fsp3) is 0.0500. The summed E-state index contributed by atoms with van der Waals surface area (Å²) in [5.41, 5.74) is 1.96. The van der Waals surface area contributed by atoms with Crippen molar-refractivity contribution in [1.29, 1.82) is 0 Å². The molecule has 0 heterocycles. The van der Waals surface area contributed by atoms with E-state index >= 15 is 0 Å². The zero-order valence-electron chi connectivity index (χ0n) is 12.8. The number of ether oxygens (including phenoxy) is 2. The Balaban J connectivity index is 1.65. The second-order valence-corrected chi connectivity index (χ2v) is 4.94. The van der Waals surface area contributed by atoms with Crippen LogP contribution in [0.5, 0.6) is 17.2 Å². The summed E-state index contributed by atoms with van der Waals surface area (Å²) in [5.74, 6) is 2.35. The second kappa shape index (κ2) is 7.27. The third kappa shape index (κ3) is 4.20. The van der Waals surface area contributed by atoms with Crippen LogP contribution in [0, 0.1) is 0 Å². The minimum Gasteiger partial charge on any atom is -0.497 e. The van der Waals surface area contributed by atoms with Crippen LogP contribution in [-0.2, 0) is 0 Å². The predicted octanol–water partition coefficient (Wildman–Crippen LogP) is 5.24. The van der Waals surface area contributed by atoms with Gasteiger partial charge in [-0.05, 0) is 54.1 Å². The lowest BCUT2D eigenvalue weighted by molar-refractivity contribution is 0.413. The van der Waals surface area contributed by atoms with Gasteiger partial charge in [-0.15, -0.1) is 0 Å². The maximum absolute atomic E-state index is 5.79. The summed E-state index contributed by atoms with van der Waals surface area (Å²) in [6.45, 7) is 0. The molecule has 0 aliphatic carbocycles. The van der Waals surface area contributed by atoms with E-state index in [-0.39, 0.29) is 0 Å². The summed E-state index contributed by atoms with van der Waals surface area (Å²) < 4.78 is 10.9. The molecule has 0 bridgehead atoms. The van der Waals surface area contributed by atoms with E-state index < -0.39 is 0 Å². The molecule has 0 aliphatic rings. The standard InChI is InChI=1S/C20H17NO2/c1-22-18-11-13-20(14-12-18)23-19-9-7-17(8-10-19)21-15-16-5-3-2-4-6-16/h2-15H,1H3. The predicted molar refractivity (Wildman–Crippen MR) is 93.2 cm³/mol. The van der Waals surface area contributed by atoms with Gasteiger partial charge in [-0.3, -0.25) is 4.99 Å². The lowest BCUT2D eigenvalue weighted by Crippen LogP contribution is -1.85. The first-order valence-electron chi connectivity index (χ1n) is 7.34. The molecular formula is C20H17NO2. The lowest BCUT2D eigenvalue weighted by Gasteiger charge is -2.06. The van der Waals surface area contributed by atoms with Gasteiger partial charge in [0, 0.05) is 6.21 Å². The van der Waals surface area contributed by atoms with E-state index in [2.05, 4.69) is 4.99 Å². The van der Waals surface area contributed by atoms with Crippen molar-refractivity contribution < 1.29 is 9.47 Å². The molecule has 0 amide bonds. The van der Waals surface area contributed by atoms with E-state index in [9.17, 15) is 0 Å². The van der Waals surface area contributed by atoms with E-state index in [1.165, 1.54) is 0 Å². The van der Waals surface area contributed by atoms with Gasteiger partial charge in [0.15, 0.2) is 0 Å². The van der Waals surface area contributed by atoms with Crippen molar-refractivity contribution >= 4 is 11.9 Å². The molecule has 3 rings (SSSR count). The molecular weight excluding hydrogens is 286 g/mol. The van der Waals surface area contributed by atoms with Gasteiger partial charge in [0.2, 0.25) is 0 Å². The average Bonchev–Trinajstić information content (AvgIpc) is 2.63. The van der Waals surface area contributed by atoms with Crippen LogP contribution in [0.4, 0.5) is 5.69 Å². The molecule has 0 saturated carbocycles. The maximum atomic E-state index is 5.79. The Hall–Kier alpha value is -3.07. The molecule has 0 aliphatic heterocycles. The van der Waals surface area contributed by atoms with Gasteiger partial charge >= 0.3 is 0 Å². The molecule has 23 heavy (non-hydrogen) atoms. The van der Waals surface area contributed by atoms with E-state index in [1.807, 2.05) is 85.1 Å². The number of rotatable bonds is 5. The zero-order valence-corrected chi connectivity index (χ0v) is 12.8.